The molecule has 17 heavy (non-hydrogen) atoms. The number of aliphatic hydroxyl groups is 1. The molecular weight excluding hydrogens is 245 g/mol. The highest BCUT2D eigenvalue weighted by atomic mass is 35.5. The van der Waals surface area contributed by atoms with Crippen LogP contribution < -0.4 is 5.32 Å². The molecule has 1 aromatic rings. The van der Waals surface area contributed by atoms with Crippen molar-refractivity contribution < 1.29 is 14.3 Å². The van der Waals surface area contributed by atoms with Crippen LogP contribution in [-0.4, -0.2) is 17.6 Å². The molecule has 92 valence electrons. The molecule has 1 aliphatic rings. The molecule has 1 saturated carbocycles. The Morgan fingerprint density at radius 2 is 2.24 bits per heavy atom. The number of amides is 1. The third-order valence-corrected chi connectivity index (χ3v) is 3.32. The molecule has 2 rings (SSSR count). The summed E-state index contributed by atoms with van der Waals surface area (Å²) in [5.41, 5.74) is -0.283. The second kappa shape index (κ2) is 4.63. The summed E-state index contributed by atoms with van der Waals surface area (Å²) >= 11 is 5.74. The fraction of sp³-hybridized carbons (Fsp3) is 0.417. The number of carbonyl (C=O) groups is 1. The molecule has 0 unspecified atom stereocenters. The van der Waals surface area contributed by atoms with Gasteiger partial charge in [-0.1, -0.05) is 11.6 Å². The van der Waals surface area contributed by atoms with E-state index in [1.54, 1.807) is 0 Å². The van der Waals surface area contributed by atoms with Crippen LogP contribution in [0.2, 0.25) is 5.02 Å². The highest BCUT2D eigenvalue weighted by Crippen LogP contribution is 2.45. The summed E-state index contributed by atoms with van der Waals surface area (Å²) in [7, 11) is 0. The fourth-order valence-electron chi connectivity index (χ4n) is 1.65. The largest absolute Gasteiger partial charge is 0.395 e. The van der Waals surface area contributed by atoms with Crippen LogP contribution in [-0.2, 0) is 11.3 Å². The van der Waals surface area contributed by atoms with Gasteiger partial charge in [0.15, 0.2) is 0 Å². The van der Waals surface area contributed by atoms with Crippen LogP contribution in [0, 0.1) is 11.2 Å². The van der Waals surface area contributed by atoms with E-state index in [0.29, 0.717) is 23.4 Å². The van der Waals surface area contributed by atoms with Gasteiger partial charge in [0.05, 0.1) is 12.0 Å². The second-order valence-electron chi connectivity index (χ2n) is 4.36. The average Bonchev–Trinajstić information content (AvgIpc) is 3.11. The Hall–Kier alpha value is -1.13. The smallest absolute Gasteiger partial charge is 0.228 e. The number of rotatable bonds is 4. The molecule has 1 aliphatic carbocycles. The summed E-state index contributed by atoms with van der Waals surface area (Å²) in [6.07, 6.45) is 1.38. The van der Waals surface area contributed by atoms with Crippen molar-refractivity contribution in [3.63, 3.8) is 0 Å². The Balaban J connectivity index is 1.98. The quantitative estimate of drug-likeness (QED) is 0.865. The van der Waals surface area contributed by atoms with E-state index in [2.05, 4.69) is 5.32 Å². The van der Waals surface area contributed by atoms with E-state index in [4.69, 9.17) is 16.7 Å². The second-order valence-corrected chi connectivity index (χ2v) is 4.79. The van der Waals surface area contributed by atoms with E-state index in [9.17, 15) is 9.18 Å². The van der Waals surface area contributed by atoms with Gasteiger partial charge >= 0.3 is 0 Å². The maximum atomic E-state index is 13.4. The van der Waals surface area contributed by atoms with Crippen LogP contribution in [0.5, 0.6) is 0 Å². The first-order chi connectivity index (χ1) is 8.07. The number of nitrogens with one attached hydrogen (secondary N) is 1. The predicted molar refractivity (Wildman–Crippen MR) is 62.0 cm³/mol. The molecule has 0 saturated heterocycles. The number of carbonyl (C=O) groups excluding carboxylic acids is 1. The first-order valence-corrected chi connectivity index (χ1v) is 5.78. The Bertz CT molecular complexity index is 446. The average molecular weight is 258 g/mol. The Kier molecular flexibility index (Phi) is 3.35. The Morgan fingerprint density at radius 1 is 1.53 bits per heavy atom. The minimum absolute atomic E-state index is 0.0903. The lowest BCUT2D eigenvalue weighted by Crippen LogP contribution is -2.33. The van der Waals surface area contributed by atoms with Crippen LogP contribution >= 0.6 is 11.6 Å². The van der Waals surface area contributed by atoms with Crippen molar-refractivity contribution in [2.75, 3.05) is 6.61 Å². The monoisotopic (exact) mass is 257 g/mol. The standard InChI is InChI=1S/C12H13ClFNO2/c13-9-1-2-10(14)8(5-9)6-15-11(17)12(7-16)3-4-12/h1-2,5,16H,3-4,6-7H2,(H,15,17). The van der Waals surface area contributed by atoms with Gasteiger partial charge in [0, 0.05) is 17.1 Å². The van der Waals surface area contributed by atoms with Gasteiger partial charge in [-0.05, 0) is 31.0 Å². The van der Waals surface area contributed by atoms with Gasteiger partial charge in [-0.25, -0.2) is 4.39 Å². The first-order valence-electron chi connectivity index (χ1n) is 5.40. The van der Waals surface area contributed by atoms with E-state index in [0.717, 1.165) is 0 Å². The van der Waals surface area contributed by atoms with Gasteiger partial charge < -0.3 is 10.4 Å². The minimum atomic E-state index is -0.630. The third kappa shape index (κ3) is 2.58. The van der Waals surface area contributed by atoms with Crippen LogP contribution in [0.15, 0.2) is 18.2 Å². The summed E-state index contributed by atoms with van der Waals surface area (Å²) in [5.74, 6) is -0.622. The molecule has 5 heteroatoms. The molecule has 0 aromatic heterocycles. The molecule has 1 amide bonds. The fourth-order valence-corrected chi connectivity index (χ4v) is 1.84. The number of aliphatic hydroxyl groups excluding tert-OH is 1. The Morgan fingerprint density at radius 3 is 2.82 bits per heavy atom. The minimum Gasteiger partial charge on any atom is -0.395 e. The summed E-state index contributed by atoms with van der Waals surface area (Å²) in [5, 5.41) is 12.1. The van der Waals surface area contributed by atoms with Gasteiger partial charge in [-0.2, -0.15) is 0 Å². The van der Waals surface area contributed by atoms with Crippen molar-refractivity contribution in [1.82, 2.24) is 5.32 Å². The molecular formula is C12H13ClFNO2. The van der Waals surface area contributed by atoms with E-state index in [1.165, 1.54) is 18.2 Å². The van der Waals surface area contributed by atoms with Gasteiger partial charge in [0.25, 0.3) is 0 Å². The SMILES string of the molecule is O=C(NCc1cc(Cl)ccc1F)C1(CO)CC1. The maximum Gasteiger partial charge on any atom is 0.228 e. The van der Waals surface area contributed by atoms with Crippen molar-refractivity contribution in [3.8, 4) is 0 Å². The summed E-state index contributed by atoms with van der Waals surface area (Å²) in [4.78, 5) is 11.7. The zero-order valence-electron chi connectivity index (χ0n) is 9.17. The van der Waals surface area contributed by atoms with E-state index in [-0.39, 0.29) is 19.1 Å². The van der Waals surface area contributed by atoms with Gasteiger partial charge in [0.2, 0.25) is 5.91 Å². The molecule has 3 nitrogen and oxygen atoms in total. The first kappa shape index (κ1) is 12.3. The maximum absolute atomic E-state index is 13.4. The van der Waals surface area contributed by atoms with Crippen molar-refractivity contribution in [3.05, 3.63) is 34.6 Å². The molecule has 0 spiro atoms. The van der Waals surface area contributed by atoms with Crippen molar-refractivity contribution >= 4 is 17.5 Å². The van der Waals surface area contributed by atoms with Crippen LogP contribution in [0.25, 0.3) is 0 Å². The molecule has 1 aromatic carbocycles. The lowest BCUT2D eigenvalue weighted by molar-refractivity contribution is -0.127. The summed E-state index contributed by atoms with van der Waals surface area (Å²) < 4.78 is 13.4. The molecule has 0 bridgehead atoms. The number of hydrogen-bond acceptors (Lipinski definition) is 2. The summed E-state index contributed by atoms with van der Waals surface area (Å²) in [6.45, 7) is -0.0656. The van der Waals surface area contributed by atoms with E-state index < -0.39 is 11.2 Å². The summed E-state index contributed by atoms with van der Waals surface area (Å²) in [6, 6.07) is 4.21. The number of hydrogen-bond donors (Lipinski definition) is 2. The van der Waals surface area contributed by atoms with Gasteiger partial charge in [-0.15, -0.1) is 0 Å². The van der Waals surface area contributed by atoms with E-state index >= 15 is 0 Å². The molecule has 0 heterocycles. The lowest BCUT2D eigenvalue weighted by Gasteiger charge is -2.12. The predicted octanol–water partition coefficient (Wildman–Crippen LogP) is 1.87. The zero-order chi connectivity index (χ0) is 12.5. The molecule has 2 N–H and O–H groups in total. The highest BCUT2D eigenvalue weighted by molar-refractivity contribution is 6.30. The topological polar surface area (TPSA) is 49.3 Å². The molecule has 0 atom stereocenters. The van der Waals surface area contributed by atoms with Gasteiger partial charge in [-0.3, -0.25) is 4.79 Å². The molecule has 1 fully saturated rings. The zero-order valence-corrected chi connectivity index (χ0v) is 9.93. The highest BCUT2D eigenvalue weighted by Gasteiger charge is 2.49. The van der Waals surface area contributed by atoms with Crippen molar-refractivity contribution in [1.29, 1.82) is 0 Å². The number of halogens is 2. The van der Waals surface area contributed by atoms with Crippen LogP contribution in [0.3, 0.4) is 0 Å². The lowest BCUT2D eigenvalue weighted by atomic mass is 10.1. The third-order valence-electron chi connectivity index (χ3n) is 3.09. The Labute approximate surface area is 104 Å². The van der Waals surface area contributed by atoms with Crippen LogP contribution in [0.1, 0.15) is 18.4 Å². The normalized spacial score (nSPS) is 16.6. The molecule has 0 aliphatic heterocycles. The van der Waals surface area contributed by atoms with Crippen molar-refractivity contribution in [2.24, 2.45) is 5.41 Å². The van der Waals surface area contributed by atoms with Gasteiger partial charge in [0.1, 0.15) is 5.82 Å². The number of benzene rings is 1. The van der Waals surface area contributed by atoms with Crippen LogP contribution in [0.4, 0.5) is 4.39 Å². The molecule has 0 radical (unpaired) electrons. The van der Waals surface area contributed by atoms with E-state index in [1.807, 2.05) is 0 Å². The van der Waals surface area contributed by atoms with Crippen molar-refractivity contribution in [2.45, 2.75) is 19.4 Å².